The highest BCUT2D eigenvalue weighted by atomic mass is 16.6. The molecular weight excluding hydrogens is 274 g/mol. The molecule has 21 heavy (non-hydrogen) atoms. The van der Waals surface area contributed by atoms with Gasteiger partial charge in [-0.05, 0) is 30.9 Å². The number of rotatable bonds is 6. The van der Waals surface area contributed by atoms with E-state index in [2.05, 4.69) is 12.2 Å². The SMILES string of the molecule is CC1CCCC1CNCc1ccc([N+](=O)[O-])cc1[N+](=O)[O-]. The maximum absolute atomic E-state index is 11.0. The average molecular weight is 293 g/mol. The molecule has 0 radical (unpaired) electrons. The molecule has 7 heteroatoms. The zero-order chi connectivity index (χ0) is 15.4. The van der Waals surface area contributed by atoms with Crippen LogP contribution in [0.25, 0.3) is 0 Å². The Labute approximate surface area is 122 Å². The van der Waals surface area contributed by atoms with Crippen LogP contribution in [-0.4, -0.2) is 16.4 Å². The Morgan fingerprint density at radius 1 is 1.24 bits per heavy atom. The fraction of sp³-hybridized carbons (Fsp3) is 0.571. The molecule has 114 valence electrons. The zero-order valence-electron chi connectivity index (χ0n) is 11.9. The number of nitro groups is 2. The minimum atomic E-state index is -0.621. The number of nitrogens with zero attached hydrogens (tertiary/aromatic N) is 2. The number of hydrogen-bond acceptors (Lipinski definition) is 5. The molecule has 0 amide bonds. The Hall–Kier alpha value is -2.02. The number of nitro benzene ring substituents is 2. The molecule has 0 aliphatic heterocycles. The molecular formula is C14H19N3O4. The molecule has 1 aliphatic rings. The van der Waals surface area contributed by atoms with Gasteiger partial charge in [-0.3, -0.25) is 20.2 Å². The molecule has 0 spiro atoms. The minimum Gasteiger partial charge on any atom is -0.312 e. The van der Waals surface area contributed by atoms with E-state index in [0.717, 1.165) is 12.6 Å². The summed E-state index contributed by atoms with van der Waals surface area (Å²) < 4.78 is 0. The van der Waals surface area contributed by atoms with Crippen molar-refractivity contribution in [1.29, 1.82) is 0 Å². The van der Waals surface area contributed by atoms with E-state index in [0.29, 0.717) is 23.9 Å². The molecule has 2 rings (SSSR count). The van der Waals surface area contributed by atoms with Gasteiger partial charge in [-0.25, -0.2) is 0 Å². The highest BCUT2D eigenvalue weighted by molar-refractivity contribution is 5.49. The summed E-state index contributed by atoms with van der Waals surface area (Å²) >= 11 is 0. The Kier molecular flexibility index (Phi) is 4.85. The summed E-state index contributed by atoms with van der Waals surface area (Å²) in [6, 6.07) is 3.79. The van der Waals surface area contributed by atoms with E-state index in [1.807, 2.05) is 0 Å². The van der Waals surface area contributed by atoms with Crippen molar-refractivity contribution in [1.82, 2.24) is 5.32 Å². The molecule has 1 aliphatic carbocycles. The lowest BCUT2D eigenvalue weighted by molar-refractivity contribution is -0.394. The van der Waals surface area contributed by atoms with Crippen molar-refractivity contribution in [2.24, 2.45) is 11.8 Å². The van der Waals surface area contributed by atoms with Crippen LogP contribution in [0.5, 0.6) is 0 Å². The van der Waals surface area contributed by atoms with E-state index in [1.54, 1.807) is 0 Å². The van der Waals surface area contributed by atoms with Gasteiger partial charge in [0.05, 0.1) is 15.9 Å². The molecule has 1 N–H and O–H groups in total. The quantitative estimate of drug-likeness (QED) is 0.642. The first-order valence-electron chi connectivity index (χ1n) is 7.11. The van der Waals surface area contributed by atoms with Crippen molar-refractivity contribution < 1.29 is 9.85 Å². The molecule has 1 fully saturated rings. The van der Waals surface area contributed by atoms with Crippen LogP contribution < -0.4 is 5.32 Å². The first-order valence-corrected chi connectivity index (χ1v) is 7.11. The topological polar surface area (TPSA) is 98.3 Å². The van der Waals surface area contributed by atoms with Crippen LogP contribution in [0.3, 0.4) is 0 Å². The number of nitrogens with one attached hydrogen (secondary N) is 1. The Morgan fingerprint density at radius 3 is 2.57 bits per heavy atom. The van der Waals surface area contributed by atoms with Crippen LogP contribution in [0.15, 0.2) is 18.2 Å². The Balaban J connectivity index is 2.02. The van der Waals surface area contributed by atoms with E-state index in [4.69, 9.17) is 0 Å². The van der Waals surface area contributed by atoms with Gasteiger partial charge < -0.3 is 5.32 Å². The number of non-ortho nitro benzene ring substituents is 1. The summed E-state index contributed by atoms with van der Waals surface area (Å²) in [6.45, 7) is 3.42. The molecule has 1 saturated carbocycles. The monoisotopic (exact) mass is 293 g/mol. The first kappa shape index (κ1) is 15.4. The van der Waals surface area contributed by atoms with Gasteiger partial charge in [0.25, 0.3) is 11.4 Å². The minimum absolute atomic E-state index is 0.198. The molecule has 0 bridgehead atoms. The van der Waals surface area contributed by atoms with Crippen LogP contribution in [0, 0.1) is 32.1 Å². The predicted molar refractivity (Wildman–Crippen MR) is 78.0 cm³/mol. The molecule has 2 unspecified atom stereocenters. The predicted octanol–water partition coefficient (Wildman–Crippen LogP) is 3.03. The zero-order valence-corrected chi connectivity index (χ0v) is 11.9. The fourth-order valence-corrected chi connectivity index (χ4v) is 2.90. The summed E-state index contributed by atoms with van der Waals surface area (Å²) in [5.74, 6) is 1.30. The van der Waals surface area contributed by atoms with E-state index < -0.39 is 9.85 Å². The standard InChI is InChI=1S/C14H19N3O4/c1-10-3-2-4-11(10)8-15-9-12-5-6-13(16(18)19)7-14(12)17(20)21/h5-7,10-11,15H,2-4,8-9H2,1H3. The second-order valence-corrected chi connectivity index (χ2v) is 5.63. The smallest absolute Gasteiger partial charge is 0.280 e. The average Bonchev–Trinajstić information content (AvgIpc) is 2.84. The van der Waals surface area contributed by atoms with Gasteiger partial charge in [0.2, 0.25) is 0 Å². The normalized spacial score (nSPS) is 21.4. The van der Waals surface area contributed by atoms with Crippen molar-refractivity contribution >= 4 is 11.4 Å². The van der Waals surface area contributed by atoms with Crippen molar-refractivity contribution in [3.05, 3.63) is 44.0 Å². The van der Waals surface area contributed by atoms with Crippen LogP contribution in [0.1, 0.15) is 31.7 Å². The third-order valence-corrected chi connectivity index (χ3v) is 4.24. The van der Waals surface area contributed by atoms with Crippen molar-refractivity contribution in [2.75, 3.05) is 6.54 Å². The van der Waals surface area contributed by atoms with Gasteiger partial charge in [-0.15, -0.1) is 0 Å². The largest absolute Gasteiger partial charge is 0.312 e. The summed E-state index contributed by atoms with van der Waals surface area (Å²) in [5, 5.41) is 24.9. The molecule has 1 aromatic carbocycles. The van der Waals surface area contributed by atoms with Crippen LogP contribution in [0.2, 0.25) is 0 Å². The maximum Gasteiger partial charge on any atom is 0.280 e. The third-order valence-electron chi connectivity index (χ3n) is 4.24. The van der Waals surface area contributed by atoms with Crippen LogP contribution in [-0.2, 0) is 6.54 Å². The summed E-state index contributed by atoms with van der Waals surface area (Å²) in [7, 11) is 0. The lowest BCUT2D eigenvalue weighted by atomic mass is 9.98. The Bertz CT molecular complexity index is 547. The van der Waals surface area contributed by atoms with Crippen LogP contribution in [0.4, 0.5) is 11.4 Å². The fourth-order valence-electron chi connectivity index (χ4n) is 2.90. The molecule has 0 heterocycles. The second-order valence-electron chi connectivity index (χ2n) is 5.63. The molecule has 2 atom stereocenters. The van der Waals surface area contributed by atoms with Crippen LogP contribution >= 0.6 is 0 Å². The first-order chi connectivity index (χ1) is 9.99. The molecule has 0 aromatic heterocycles. The summed E-state index contributed by atoms with van der Waals surface area (Å²) in [4.78, 5) is 20.5. The molecule has 7 nitrogen and oxygen atoms in total. The lowest BCUT2D eigenvalue weighted by Crippen LogP contribution is -2.24. The van der Waals surface area contributed by atoms with Gasteiger partial charge in [-0.1, -0.05) is 19.8 Å². The molecule has 0 saturated heterocycles. The summed E-state index contributed by atoms with van der Waals surface area (Å²) in [5.41, 5.74) is 0.0299. The highest BCUT2D eigenvalue weighted by Gasteiger charge is 2.23. The second kappa shape index (κ2) is 6.62. The number of hydrogen-bond donors (Lipinski definition) is 1. The Morgan fingerprint density at radius 2 is 2.00 bits per heavy atom. The number of benzene rings is 1. The van der Waals surface area contributed by atoms with E-state index >= 15 is 0 Å². The maximum atomic E-state index is 11.0. The third kappa shape index (κ3) is 3.75. The summed E-state index contributed by atoms with van der Waals surface area (Å²) in [6.07, 6.45) is 3.67. The van der Waals surface area contributed by atoms with Gasteiger partial charge in [0.15, 0.2) is 0 Å². The van der Waals surface area contributed by atoms with Crippen molar-refractivity contribution in [2.45, 2.75) is 32.7 Å². The van der Waals surface area contributed by atoms with Gasteiger partial charge >= 0.3 is 0 Å². The highest BCUT2D eigenvalue weighted by Crippen LogP contribution is 2.30. The van der Waals surface area contributed by atoms with E-state index in [1.165, 1.54) is 31.4 Å². The van der Waals surface area contributed by atoms with Crippen molar-refractivity contribution in [3.63, 3.8) is 0 Å². The van der Waals surface area contributed by atoms with E-state index in [9.17, 15) is 20.2 Å². The molecule has 1 aromatic rings. The lowest BCUT2D eigenvalue weighted by Gasteiger charge is -2.15. The van der Waals surface area contributed by atoms with Gasteiger partial charge in [0, 0.05) is 18.2 Å². The van der Waals surface area contributed by atoms with Crippen molar-refractivity contribution in [3.8, 4) is 0 Å². The van der Waals surface area contributed by atoms with Gasteiger partial charge in [0.1, 0.15) is 0 Å². The van der Waals surface area contributed by atoms with E-state index in [-0.39, 0.29) is 11.4 Å². The van der Waals surface area contributed by atoms with Gasteiger partial charge in [-0.2, -0.15) is 0 Å².